The minimum Gasteiger partial charge on any atom is -0.495 e. The minimum atomic E-state index is -0.539. The van der Waals surface area contributed by atoms with Gasteiger partial charge in [-0.05, 0) is 48.0 Å². The molecule has 3 rings (SSSR count). The summed E-state index contributed by atoms with van der Waals surface area (Å²) in [6.07, 6.45) is 1.48. The van der Waals surface area contributed by atoms with Gasteiger partial charge in [-0.3, -0.25) is 9.59 Å². The van der Waals surface area contributed by atoms with Crippen LogP contribution in [0, 0.1) is 5.82 Å². The highest BCUT2D eigenvalue weighted by atomic mass is 19.1. The second-order valence-electron chi connectivity index (χ2n) is 6.08. The van der Waals surface area contributed by atoms with Gasteiger partial charge in [-0.15, -0.1) is 0 Å². The van der Waals surface area contributed by atoms with Gasteiger partial charge in [0, 0.05) is 5.56 Å². The van der Waals surface area contributed by atoms with Crippen molar-refractivity contribution in [1.29, 1.82) is 0 Å². The van der Waals surface area contributed by atoms with Crippen LogP contribution in [0.5, 0.6) is 5.75 Å². The van der Waals surface area contributed by atoms with E-state index in [1.807, 2.05) is 0 Å². The summed E-state index contributed by atoms with van der Waals surface area (Å²) in [5, 5.41) is 5.36. The number of methoxy groups -OCH3 is 1. The quantitative estimate of drug-likeness (QED) is 0.619. The van der Waals surface area contributed by atoms with Crippen LogP contribution in [-0.2, 0) is 4.79 Å². The number of benzene rings is 3. The number of hydrogen-bond acceptors (Lipinski definition) is 3. The number of amides is 2. The van der Waals surface area contributed by atoms with E-state index in [0.717, 1.165) is 0 Å². The molecule has 0 fully saturated rings. The van der Waals surface area contributed by atoms with E-state index in [0.29, 0.717) is 22.6 Å². The Bertz CT molecular complexity index is 1030. The molecule has 0 unspecified atom stereocenters. The Labute approximate surface area is 167 Å². The summed E-state index contributed by atoms with van der Waals surface area (Å²) in [6, 6.07) is 21.0. The summed E-state index contributed by atoms with van der Waals surface area (Å²) in [6.45, 7) is 0. The third-order valence-corrected chi connectivity index (χ3v) is 4.06. The summed E-state index contributed by atoms with van der Waals surface area (Å²) >= 11 is 0. The molecule has 5 nitrogen and oxygen atoms in total. The van der Waals surface area contributed by atoms with Crippen molar-refractivity contribution in [2.45, 2.75) is 0 Å². The molecule has 0 bridgehead atoms. The molecule has 0 aliphatic heterocycles. The van der Waals surface area contributed by atoms with Crippen molar-refractivity contribution in [3.63, 3.8) is 0 Å². The summed E-state index contributed by atoms with van der Waals surface area (Å²) in [5.74, 6) is -0.885. The van der Waals surface area contributed by atoms with Crippen LogP contribution in [0.4, 0.5) is 10.1 Å². The lowest BCUT2D eigenvalue weighted by Crippen LogP contribution is -2.30. The molecule has 0 aliphatic rings. The monoisotopic (exact) mass is 390 g/mol. The zero-order valence-corrected chi connectivity index (χ0v) is 15.7. The van der Waals surface area contributed by atoms with Gasteiger partial charge < -0.3 is 15.4 Å². The summed E-state index contributed by atoms with van der Waals surface area (Å²) in [5.41, 5.74) is 1.43. The molecule has 0 heterocycles. The van der Waals surface area contributed by atoms with E-state index in [1.54, 1.807) is 54.6 Å². The van der Waals surface area contributed by atoms with Gasteiger partial charge in [0.2, 0.25) is 0 Å². The van der Waals surface area contributed by atoms with Crippen LogP contribution in [0.15, 0.2) is 84.6 Å². The average Bonchev–Trinajstić information content (AvgIpc) is 2.75. The van der Waals surface area contributed by atoms with E-state index in [2.05, 4.69) is 10.6 Å². The highest BCUT2D eigenvalue weighted by molar-refractivity contribution is 6.11. The maximum absolute atomic E-state index is 13.2. The molecule has 29 heavy (non-hydrogen) atoms. The van der Waals surface area contributed by atoms with Gasteiger partial charge in [0.25, 0.3) is 11.8 Å². The zero-order chi connectivity index (χ0) is 20.6. The van der Waals surface area contributed by atoms with E-state index in [1.165, 1.54) is 37.5 Å². The highest BCUT2D eigenvalue weighted by Gasteiger charge is 2.16. The summed E-state index contributed by atoms with van der Waals surface area (Å²) < 4.78 is 18.4. The van der Waals surface area contributed by atoms with Crippen LogP contribution in [0.1, 0.15) is 15.9 Å². The fourth-order valence-electron chi connectivity index (χ4n) is 2.61. The van der Waals surface area contributed by atoms with E-state index >= 15 is 0 Å². The number of para-hydroxylation sites is 2. The molecule has 3 aromatic carbocycles. The first-order valence-electron chi connectivity index (χ1n) is 8.85. The molecule has 0 atom stereocenters. The predicted molar refractivity (Wildman–Crippen MR) is 110 cm³/mol. The van der Waals surface area contributed by atoms with Gasteiger partial charge in [-0.2, -0.15) is 0 Å². The summed E-state index contributed by atoms with van der Waals surface area (Å²) in [4.78, 5) is 25.5. The molecular weight excluding hydrogens is 371 g/mol. The maximum atomic E-state index is 13.2. The Balaban J connectivity index is 1.90. The molecular formula is C23H19FN2O3. The Morgan fingerprint density at radius 3 is 2.24 bits per heavy atom. The Morgan fingerprint density at radius 2 is 1.55 bits per heavy atom. The van der Waals surface area contributed by atoms with Crippen molar-refractivity contribution in [2.75, 3.05) is 12.4 Å². The zero-order valence-electron chi connectivity index (χ0n) is 15.7. The molecule has 0 spiro atoms. The first kappa shape index (κ1) is 19.8. The lowest BCUT2D eigenvalue weighted by Gasteiger charge is -2.13. The highest BCUT2D eigenvalue weighted by Crippen LogP contribution is 2.23. The van der Waals surface area contributed by atoms with Crippen molar-refractivity contribution in [3.05, 3.63) is 102 Å². The van der Waals surface area contributed by atoms with Crippen LogP contribution in [0.3, 0.4) is 0 Å². The largest absolute Gasteiger partial charge is 0.495 e. The van der Waals surface area contributed by atoms with E-state index < -0.39 is 17.6 Å². The Morgan fingerprint density at radius 1 is 0.897 bits per heavy atom. The van der Waals surface area contributed by atoms with Crippen LogP contribution in [0.25, 0.3) is 6.08 Å². The number of halogens is 1. The number of hydrogen-bond donors (Lipinski definition) is 2. The lowest BCUT2D eigenvalue weighted by atomic mass is 10.1. The summed E-state index contributed by atoms with van der Waals surface area (Å²) in [7, 11) is 1.50. The van der Waals surface area contributed by atoms with Crippen molar-refractivity contribution in [2.24, 2.45) is 0 Å². The fraction of sp³-hybridized carbons (Fsp3) is 0.0435. The van der Waals surface area contributed by atoms with Gasteiger partial charge in [0.15, 0.2) is 0 Å². The van der Waals surface area contributed by atoms with Crippen LogP contribution < -0.4 is 15.4 Å². The number of carbonyl (C=O) groups is 2. The fourth-order valence-corrected chi connectivity index (χ4v) is 2.61. The molecule has 0 saturated heterocycles. The van der Waals surface area contributed by atoms with Crippen LogP contribution in [0.2, 0.25) is 0 Å². The second kappa shape index (κ2) is 9.32. The van der Waals surface area contributed by atoms with Gasteiger partial charge in [-0.1, -0.05) is 42.5 Å². The number of nitrogens with one attached hydrogen (secondary N) is 2. The molecule has 0 saturated carbocycles. The number of rotatable bonds is 6. The standard InChI is InChI=1S/C23H19FN2O3/c1-29-21-10-6-5-9-19(21)25-23(28)20(15-16-11-13-18(24)14-12-16)26-22(27)17-7-3-2-4-8-17/h2-15H,1H3,(H,25,28)(H,26,27)/b20-15+. The predicted octanol–water partition coefficient (Wildman–Crippen LogP) is 4.24. The molecule has 6 heteroatoms. The molecule has 146 valence electrons. The van der Waals surface area contributed by atoms with Crippen molar-refractivity contribution < 1.29 is 18.7 Å². The smallest absolute Gasteiger partial charge is 0.272 e. The van der Waals surface area contributed by atoms with Crippen LogP contribution in [-0.4, -0.2) is 18.9 Å². The third kappa shape index (κ3) is 5.29. The molecule has 2 amide bonds. The number of carbonyl (C=O) groups excluding carboxylic acids is 2. The van der Waals surface area contributed by atoms with Gasteiger partial charge in [0.05, 0.1) is 12.8 Å². The van der Waals surface area contributed by atoms with Gasteiger partial charge in [-0.25, -0.2) is 4.39 Å². The maximum Gasteiger partial charge on any atom is 0.272 e. The van der Waals surface area contributed by atoms with E-state index in [4.69, 9.17) is 4.74 Å². The van der Waals surface area contributed by atoms with Crippen molar-refractivity contribution >= 4 is 23.6 Å². The topological polar surface area (TPSA) is 67.4 Å². The lowest BCUT2D eigenvalue weighted by molar-refractivity contribution is -0.113. The van der Waals surface area contributed by atoms with E-state index in [-0.39, 0.29) is 5.70 Å². The van der Waals surface area contributed by atoms with Gasteiger partial charge in [0.1, 0.15) is 17.3 Å². The molecule has 0 radical (unpaired) electrons. The number of ether oxygens (including phenoxy) is 1. The Hall–Kier alpha value is -3.93. The molecule has 3 aromatic rings. The first-order chi connectivity index (χ1) is 14.1. The average molecular weight is 390 g/mol. The normalized spacial score (nSPS) is 10.9. The van der Waals surface area contributed by atoms with Crippen LogP contribution >= 0.6 is 0 Å². The van der Waals surface area contributed by atoms with Crippen molar-refractivity contribution in [1.82, 2.24) is 5.32 Å². The molecule has 0 aromatic heterocycles. The minimum absolute atomic E-state index is 0.0105. The van der Waals surface area contributed by atoms with Gasteiger partial charge >= 0.3 is 0 Å². The third-order valence-electron chi connectivity index (χ3n) is 4.06. The van der Waals surface area contributed by atoms with Crippen molar-refractivity contribution in [3.8, 4) is 5.75 Å². The molecule has 2 N–H and O–H groups in total. The Kier molecular flexibility index (Phi) is 6.37. The number of anilines is 1. The molecule has 0 aliphatic carbocycles. The van der Waals surface area contributed by atoms with E-state index in [9.17, 15) is 14.0 Å². The SMILES string of the molecule is COc1ccccc1NC(=O)/C(=C\c1ccc(F)cc1)NC(=O)c1ccccc1. The second-order valence-corrected chi connectivity index (χ2v) is 6.08. The first-order valence-corrected chi connectivity index (χ1v) is 8.85.